The number of benzene rings is 3. The van der Waals surface area contributed by atoms with Crippen molar-refractivity contribution in [2.75, 3.05) is 30.5 Å². The molecule has 3 aromatic rings. The number of ether oxygens (including phenoxy) is 2. The fraction of sp³-hybridized carbons (Fsp3) is 0.405. The number of para-hydroxylation sites is 2. The average Bonchev–Trinajstić information content (AvgIpc) is 3.17. The minimum absolute atomic E-state index is 0.0314. The van der Waals surface area contributed by atoms with Crippen molar-refractivity contribution in [2.24, 2.45) is 0 Å². The molecule has 266 valence electrons. The first-order valence-corrected chi connectivity index (χ1v) is 16.3. The topological polar surface area (TPSA) is 163 Å². The molecule has 1 aliphatic heterocycles. The van der Waals surface area contributed by atoms with E-state index in [1.54, 1.807) is 63.2 Å². The van der Waals surface area contributed by atoms with Crippen LogP contribution in [0.3, 0.4) is 0 Å². The molecular formula is C37H44N4O9. The van der Waals surface area contributed by atoms with Crippen molar-refractivity contribution in [1.29, 1.82) is 0 Å². The molecule has 0 saturated carbocycles. The monoisotopic (exact) mass is 688 g/mol. The first-order chi connectivity index (χ1) is 23.5. The SMILES string of the molecule is COc1ccc2cc(C(=O)O)ccc2c1CN1C(=O)C(NC(=O)C(C)N(C)C(=O)OC(C)(C)C)CN(C(=O)CCCC(C)=O)c2ccccc21. The van der Waals surface area contributed by atoms with Crippen molar-refractivity contribution in [3.63, 3.8) is 0 Å². The zero-order valence-electron chi connectivity index (χ0n) is 29.4. The van der Waals surface area contributed by atoms with Crippen LogP contribution in [0.2, 0.25) is 0 Å². The number of ketones is 1. The summed E-state index contributed by atoms with van der Waals surface area (Å²) in [4.78, 5) is 82.2. The Morgan fingerprint density at radius 1 is 1.02 bits per heavy atom. The molecule has 0 radical (unpaired) electrons. The predicted molar refractivity (Wildman–Crippen MR) is 187 cm³/mol. The number of methoxy groups -OCH3 is 1. The maximum absolute atomic E-state index is 14.6. The number of nitrogens with zero attached hydrogens (tertiary/aromatic N) is 3. The van der Waals surface area contributed by atoms with Crippen LogP contribution in [0.4, 0.5) is 16.2 Å². The highest BCUT2D eigenvalue weighted by atomic mass is 16.6. The second-order valence-electron chi connectivity index (χ2n) is 13.3. The van der Waals surface area contributed by atoms with Crippen LogP contribution in [0.1, 0.15) is 69.8 Å². The lowest BCUT2D eigenvalue weighted by Gasteiger charge is -2.30. The number of fused-ring (bicyclic) bond motifs is 2. The van der Waals surface area contributed by atoms with Gasteiger partial charge in [-0.25, -0.2) is 9.59 Å². The van der Waals surface area contributed by atoms with Crippen LogP contribution in [-0.2, 0) is 30.5 Å². The fourth-order valence-electron chi connectivity index (χ4n) is 5.70. The third-order valence-corrected chi connectivity index (χ3v) is 8.44. The number of hydrogen-bond donors (Lipinski definition) is 2. The van der Waals surface area contributed by atoms with Crippen LogP contribution in [0, 0.1) is 0 Å². The van der Waals surface area contributed by atoms with E-state index in [9.17, 15) is 33.9 Å². The molecule has 0 aromatic heterocycles. The number of Topliss-reactive ketones (excluding diaryl/α,β-unsaturated/α-hetero) is 1. The molecular weight excluding hydrogens is 644 g/mol. The zero-order valence-corrected chi connectivity index (χ0v) is 29.4. The van der Waals surface area contributed by atoms with Gasteiger partial charge in [-0.2, -0.15) is 0 Å². The Hall–Kier alpha value is -5.46. The summed E-state index contributed by atoms with van der Waals surface area (Å²) in [5.41, 5.74) is 0.698. The van der Waals surface area contributed by atoms with E-state index in [4.69, 9.17) is 9.47 Å². The van der Waals surface area contributed by atoms with Gasteiger partial charge in [-0.1, -0.05) is 24.3 Å². The van der Waals surface area contributed by atoms with Crippen molar-refractivity contribution in [3.05, 3.63) is 65.7 Å². The minimum atomic E-state index is -1.25. The van der Waals surface area contributed by atoms with Crippen LogP contribution < -0.4 is 19.9 Å². The maximum atomic E-state index is 14.6. The van der Waals surface area contributed by atoms with Crippen molar-refractivity contribution in [1.82, 2.24) is 10.2 Å². The number of rotatable bonds is 11. The summed E-state index contributed by atoms with van der Waals surface area (Å²) in [6.07, 6.45) is -0.169. The van der Waals surface area contributed by atoms with Gasteiger partial charge < -0.3 is 34.5 Å². The van der Waals surface area contributed by atoms with E-state index in [1.165, 1.54) is 49.9 Å². The van der Waals surface area contributed by atoms with Crippen molar-refractivity contribution < 1.29 is 43.3 Å². The number of carbonyl (C=O) groups excluding carboxylic acids is 5. The highest BCUT2D eigenvalue weighted by Crippen LogP contribution is 2.37. The Labute approximate surface area is 291 Å². The molecule has 0 saturated heterocycles. The molecule has 0 spiro atoms. The Morgan fingerprint density at radius 3 is 2.32 bits per heavy atom. The molecule has 4 rings (SSSR count). The quantitative estimate of drug-likeness (QED) is 0.285. The van der Waals surface area contributed by atoms with Gasteiger partial charge in [0.15, 0.2) is 0 Å². The van der Waals surface area contributed by atoms with Gasteiger partial charge >= 0.3 is 12.1 Å². The average molecular weight is 689 g/mol. The number of aromatic carboxylic acids is 1. The molecule has 0 bridgehead atoms. The molecule has 0 fully saturated rings. The van der Waals surface area contributed by atoms with Crippen LogP contribution in [-0.4, -0.2) is 84.0 Å². The number of likely N-dealkylation sites (N-methyl/N-ethyl adjacent to an activating group) is 1. The van der Waals surface area contributed by atoms with Gasteiger partial charge in [-0.3, -0.25) is 19.3 Å². The number of nitrogens with one attached hydrogen (secondary N) is 1. The van der Waals surface area contributed by atoms with Gasteiger partial charge in [0.25, 0.3) is 5.91 Å². The lowest BCUT2D eigenvalue weighted by Crippen LogP contribution is -2.57. The lowest BCUT2D eigenvalue weighted by molar-refractivity contribution is -0.130. The zero-order chi connectivity index (χ0) is 36.9. The molecule has 2 N–H and O–H groups in total. The first-order valence-electron chi connectivity index (χ1n) is 16.3. The molecule has 50 heavy (non-hydrogen) atoms. The maximum Gasteiger partial charge on any atom is 0.410 e. The van der Waals surface area contributed by atoms with E-state index in [2.05, 4.69) is 5.32 Å². The van der Waals surface area contributed by atoms with Gasteiger partial charge in [-0.15, -0.1) is 0 Å². The Balaban J connectivity index is 1.79. The van der Waals surface area contributed by atoms with Gasteiger partial charge in [0.1, 0.15) is 29.2 Å². The van der Waals surface area contributed by atoms with E-state index in [1.807, 2.05) is 0 Å². The number of amides is 4. The summed E-state index contributed by atoms with van der Waals surface area (Å²) >= 11 is 0. The second kappa shape index (κ2) is 15.4. The lowest BCUT2D eigenvalue weighted by atomic mass is 10.00. The molecule has 0 aliphatic carbocycles. The molecule has 13 heteroatoms. The number of carboxylic acid groups (broad SMARTS) is 1. The highest BCUT2D eigenvalue weighted by molar-refractivity contribution is 6.09. The fourth-order valence-corrected chi connectivity index (χ4v) is 5.70. The van der Waals surface area contributed by atoms with E-state index in [0.717, 1.165) is 4.90 Å². The molecule has 4 amide bonds. The highest BCUT2D eigenvalue weighted by Gasteiger charge is 2.39. The van der Waals surface area contributed by atoms with Gasteiger partial charge in [0.2, 0.25) is 11.8 Å². The summed E-state index contributed by atoms with van der Waals surface area (Å²) in [7, 11) is 2.91. The molecule has 3 aromatic carbocycles. The molecule has 1 aliphatic rings. The van der Waals surface area contributed by atoms with E-state index in [0.29, 0.717) is 39.9 Å². The summed E-state index contributed by atoms with van der Waals surface area (Å²) in [6.45, 7) is 7.80. The largest absolute Gasteiger partial charge is 0.496 e. The number of hydrogen-bond acceptors (Lipinski definition) is 8. The normalized spacial score (nSPS) is 15.1. The van der Waals surface area contributed by atoms with E-state index < -0.39 is 41.6 Å². The summed E-state index contributed by atoms with van der Waals surface area (Å²) in [5.74, 6) is -2.20. The third kappa shape index (κ3) is 8.57. The van der Waals surface area contributed by atoms with Gasteiger partial charge in [0, 0.05) is 25.5 Å². The second-order valence-corrected chi connectivity index (χ2v) is 13.3. The van der Waals surface area contributed by atoms with E-state index >= 15 is 0 Å². The van der Waals surface area contributed by atoms with Crippen LogP contribution in [0.25, 0.3) is 10.8 Å². The van der Waals surface area contributed by atoms with Crippen molar-refractivity contribution in [3.8, 4) is 5.75 Å². The molecule has 1 heterocycles. The number of anilines is 2. The molecule has 2 atom stereocenters. The number of carbonyl (C=O) groups is 6. The Kier molecular flexibility index (Phi) is 11.5. The summed E-state index contributed by atoms with van der Waals surface area (Å²) in [5, 5.41) is 13.6. The van der Waals surface area contributed by atoms with Crippen molar-refractivity contribution in [2.45, 2.75) is 78.1 Å². The number of carboxylic acids is 1. The molecule has 13 nitrogen and oxygen atoms in total. The first kappa shape index (κ1) is 37.4. The summed E-state index contributed by atoms with van der Waals surface area (Å²) in [6, 6.07) is 12.7. The summed E-state index contributed by atoms with van der Waals surface area (Å²) < 4.78 is 11.1. The predicted octanol–water partition coefficient (Wildman–Crippen LogP) is 4.93. The third-order valence-electron chi connectivity index (χ3n) is 8.44. The van der Waals surface area contributed by atoms with Crippen LogP contribution in [0.15, 0.2) is 54.6 Å². The standard InChI is InChI=1S/C37H44N4O9/c1-22(42)11-10-14-32(43)40-21-28(38-33(44)23(2)39(6)36(48)50-37(3,4)5)34(45)41(30-13-9-8-12-29(30)40)20-27-26-17-15-25(35(46)47)19-24(26)16-18-31(27)49-7/h8-9,12-13,15-19,23,28H,10-11,14,20-21H2,1-7H3,(H,38,44)(H,46,47). The van der Waals surface area contributed by atoms with E-state index in [-0.39, 0.29) is 43.2 Å². The minimum Gasteiger partial charge on any atom is -0.496 e. The van der Waals surface area contributed by atoms with Crippen LogP contribution >= 0.6 is 0 Å². The van der Waals surface area contributed by atoms with Crippen molar-refractivity contribution >= 4 is 57.7 Å². The molecule has 2 unspecified atom stereocenters. The van der Waals surface area contributed by atoms with Crippen LogP contribution in [0.5, 0.6) is 5.75 Å². The smallest absolute Gasteiger partial charge is 0.410 e. The van der Waals surface area contributed by atoms with Gasteiger partial charge in [-0.05, 0) is 82.1 Å². The Morgan fingerprint density at radius 2 is 1.70 bits per heavy atom. The Bertz CT molecular complexity index is 1820. The van der Waals surface area contributed by atoms with Gasteiger partial charge in [0.05, 0.1) is 37.1 Å².